The number of rotatable bonds is 6. The number of carbonyl (C=O) groups is 1. The molecule has 138 valence electrons. The van der Waals surface area contributed by atoms with Crippen molar-refractivity contribution in [2.45, 2.75) is 51.6 Å². The van der Waals surface area contributed by atoms with E-state index in [1.807, 2.05) is 30.3 Å². The number of hydrogen-bond acceptors (Lipinski definition) is 4. The normalized spacial score (nSPS) is 21.3. The molecule has 1 aliphatic heterocycles. The summed E-state index contributed by atoms with van der Waals surface area (Å²) < 4.78 is 5.42. The van der Waals surface area contributed by atoms with Gasteiger partial charge in [0.15, 0.2) is 0 Å². The van der Waals surface area contributed by atoms with Crippen molar-refractivity contribution >= 4 is 5.97 Å². The van der Waals surface area contributed by atoms with Crippen molar-refractivity contribution in [2.75, 3.05) is 26.2 Å². The molecule has 1 aromatic carbocycles. The molecule has 25 heavy (non-hydrogen) atoms. The molecular weight excluding hydrogens is 312 g/mol. The number of carbonyl (C=O) groups excluding carboxylic acids is 1. The first-order valence-electron chi connectivity index (χ1n) is 9.81. The molecule has 4 nitrogen and oxygen atoms in total. The lowest BCUT2D eigenvalue weighted by Gasteiger charge is -2.45. The minimum atomic E-state index is -0.105. The number of hydrogen-bond donors (Lipinski definition) is 1. The highest BCUT2D eigenvalue weighted by Gasteiger charge is 2.38. The van der Waals surface area contributed by atoms with Crippen molar-refractivity contribution in [1.82, 2.24) is 4.90 Å². The third-order valence-electron chi connectivity index (χ3n) is 6.25. The van der Waals surface area contributed by atoms with E-state index in [2.05, 4.69) is 4.90 Å². The Bertz CT molecular complexity index is 528. The number of nitrogens with two attached hydrogens (primary N) is 1. The largest absolute Gasteiger partial charge is 0.460 e. The Morgan fingerprint density at radius 1 is 1.12 bits per heavy atom. The standard InChI is InChI=1S/C21H32N2O2/c22-13-8-18-6-9-21(10-7-18)11-14-23(15-12-21)16-20(24)25-17-19-4-2-1-3-5-19/h1-5,18H,6-17,22H2. The molecule has 2 fully saturated rings. The second-order valence-electron chi connectivity index (χ2n) is 7.94. The van der Waals surface area contributed by atoms with E-state index < -0.39 is 0 Å². The lowest BCUT2D eigenvalue weighted by atomic mass is 9.65. The Hall–Kier alpha value is -1.39. The third-order valence-corrected chi connectivity index (χ3v) is 6.25. The maximum absolute atomic E-state index is 12.1. The van der Waals surface area contributed by atoms with Crippen LogP contribution in [0.15, 0.2) is 30.3 Å². The lowest BCUT2D eigenvalue weighted by molar-refractivity contribution is -0.147. The number of esters is 1. The predicted molar refractivity (Wildman–Crippen MR) is 100.0 cm³/mol. The predicted octanol–water partition coefficient (Wildman–Crippen LogP) is 3.35. The molecule has 1 saturated carbocycles. The molecule has 1 aromatic rings. The molecule has 0 bridgehead atoms. The highest BCUT2D eigenvalue weighted by molar-refractivity contribution is 5.71. The van der Waals surface area contributed by atoms with Crippen molar-refractivity contribution in [3.05, 3.63) is 35.9 Å². The number of ether oxygens (including phenoxy) is 1. The van der Waals surface area contributed by atoms with E-state index in [4.69, 9.17) is 10.5 Å². The first-order chi connectivity index (χ1) is 12.2. The average molecular weight is 344 g/mol. The van der Waals surface area contributed by atoms with Crippen LogP contribution < -0.4 is 5.73 Å². The van der Waals surface area contributed by atoms with Gasteiger partial charge in [0.1, 0.15) is 6.61 Å². The molecule has 1 saturated heterocycles. The third kappa shape index (κ3) is 5.29. The minimum absolute atomic E-state index is 0.105. The van der Waals surface area contributed by atoms with Crippen molar-refractivity contribution in [3.63, 3.8) is 0 Å². The van der Waals surface area contributed by atoms with Crippen LogP contribution in [0.25, 0.3) is 0 Å². The molecular formula is C21H32N2O2. The quantitative estimate of drug-likeness (QED) is 0.804. The topological polar surface area (TPSA) is 55.6 Å². The number of piperidine rings is 1. The van der Waals surface area contributed by atoms with Crippen LogP contribution in [0.3, 0.4) is 0 Å². The van der Waals surface area contributed by atoms with E-state index >= 15 is 0 Å². The average Bonchev–Trinajstić information content (AvgIpc) is 2.65. The Kier molecular flexibility index (Phi) is 6.49. The van der Waals surface area contributed by atoms with Crippen LogP contribution in [0.1, 0.15) is 50.5 Å². The molecule has 0 radical (unpaired) electrons. The zero-order chi connectivity index (χ0) is 17.5. The molecule has 2 N–H and O–H groups in total. The summed E-state index contributed by atoms with van der Waals surface area (Å²) in [6, 6.07) is 9.88. The van der Waals surface area contributed by atoms with Crippen LogP contribution >= 0.6 is 0 Å². The summed E-state index contributed by atoms with van der Waals surface area (Å²) in [7, 11) is 0. The van der Waals surface area contributed by atoms with E-state index in [0.717, 1.165) is 31.1 Å². The van der Waals surface area contributed by atoms with Gasteiger partial charge in [-0.25, -0.2) is 0 Å². The Labute approximate surface area is 151 Å². The second-order valence-corrected chi connectivity index (χ2v) is 7.94. The van der Waals surface area contributed by atoms with E-state index in [0.29, 0.717) is 18.6 Å². The maximum Gasteiger partial charge on any atom is 0.320 e. The number of likely N-dealkylation sites (tertiary alicyclic amines) is 1. The molecule has 1 aliphatic carbocycles. The molecule has 2 aliphatic rings. The first-order valence-corrected chi connectivity index (χ1v) is 9.81. The van der Waals surface area contributed by atoms with Gasteiger partial charge in [-0.2, -0.15) is 0 Å². The Morgan fingerprint density at radius 3 is 2.44 bits per heavy atom. The molecule has 1 spiro atoms. The van der Waals surface area contributed by atoms with Gasteiger partial charge in [0.2, 0.25) is 0 Å². The SMILES string of the molecule is NCCC1CCC2(CC1)CCN(CC(=O)OCc1ccccc1)CC2. The van der Waals surface area contributed by atoms with Gasteiger partial charge < -0.3 is 10.5 Å². The van der Waals surface area contributed by atoms with Gasteiger partial charge in [0, 0.05) is 0 Å². The fraction of sp³-hybridized carbons (Fsp3) is 0.667. The number of nitrogens with zero attached hydrogens (tertiary/aromatic N) is 1. The summed E-state index contributed by atoms with van der Waals surface area (Å²) >= 11 is 0. The van der Waals surface area contributed by atoms with E-state index in [-0.39, 0.29) is 5.97 Å². The van der Waals surface area contributed by atoms with Gasteiger partial charge in [-0.1, -0.05) is 30.3 Å². The summed E-state index contributed by atoms with van der Waals surface area (Å²) in [6.45, 7) is 3.69. The van der Waals surface area contributed by atoms with Crippen LogP contribution in [-0.2, 0) is 16.1 Å². The number of benzene rings is 1. The van der Waals surface area contributed by atoms with Crippen LogP contribution in [0.5, 0.6) is 0 Å². The van der Waals surface area contributed by atoms with Crippen molar-refractivity contribution in [1.29, 1.82) is 0 Å². The van der Waals surface area contributed by atoms with Crippen molar-refractivity contribution < 1.29 is 9.53 Å². The summed E-state index contributed by atoms with van der Waals surface area (Å²) in [5.41, 5.74) is 7.29. The van der Waals surface area contributed by atoms with Crippen LogP contribution in [-0.4, -0.2) is 37.0 Å². The van der Waals surface area contributed by atoms with E-state index in [9.17, 15) is 4.79 Å². The summed E-state index contributed by atoms with van der Waals surface area (Å²) in [6.07, 6.45) is 9.04. The van der Waals surface area contributed by atoms with Gasteiger partial charge in [-0.3, -0.25) is 9.69 Å². The minimum Gasteiger partial charge on any atom is -0.460 e. The molecule has 0 atom stereocenters. The van der Waals surface area contributed by atoms with Gasteiger partial charge in [-0.05, 0) is 81.5 Å². The molecule has 0 amide bonds. The fourth-order valence-electron chi connectivity index (χ4n) is 4.47. The molecule has 0 aromatic heterocycles. The summed E-state index contributed by atoms with van der Waals surface area (Å²) in [5.74, 6) is 0.744. The Balaban J connectivity index is 1.37. The first kappa shape index (κ1) is 18.4. The highest BCUT2D eigenvalue weighted by Crippen LogP contribution is 2.46. The van der Waals surface area contributed by atoms with Gasteiger partial charge in [-0.15, -0.1) is 0 Å². The zero-order valence-corrected chi connectivity index (χ0v) is 15.3. The zero-order valence-electron chi connectivity index (χ0n) is 15.3. The van der Waals surface area contributed by atoms with Crippen LogP contribution in [0.2, 0.25) is 0 Å². The smallest absolute Gasteiger partial charge is 0.320 e. The fourth-order valence-corrected chi connectivity index (χ4v) is 4.47. The van der Waals surface area contributed by atoms with E-state index in [1.165, 1.54) is 44.9 Å². The molecule has 3 rings (SSSR count). The second kappa shape index (κ2) is 8.81. The van der Waals surface area contributed by atoms with Crippen molar-refractivity contribution in [3.8, 4) is 0 Å². The summed E-state index contributed by atoms with van der Waals surface area (Å²) in [4.78, 5) is 14.4. The molecule has 0 unspecified atom stereocenters. The lowest BCUT2D eigenvalue weighted by Crippen LogP contribution is -2.44. The summed E-state index contributed by atoms with van der Waals surface area (Å²) in [5, 5.41) is 0. The van der Waals surface area contributed by atoms with Gasteiger partial charge >= 0.3 is 5.97 Å². The monoisotopic (exact) mass is 344 g/mol. The molecule has 4 heteroatoms. The van der Waals surface area contributed by atoms with Gasteiger partial charge in [0.05, 0.1) is 6.54 Å². The van der Waals surface area contributed by atoms with Gasteiger partial charge in [0.25, 0.3) is 0 Å². The Morgan fingerprint density at radius 2 is 1.80 bits per heavy atom. The van der Waals surface area contributed by atoms with Crippen molar-refractivity contribution in [2.24, 2.45) is 17.1 Å². The van der Waals surface area contributed by atoms with Crippen LogP contribution in [0.4, 0.5) is 0 Å². The molecule has 1 heterocycles. The van der Waals surface area contributed by atoms with E-state index in [1.54, 1.807) is 0 Å². The maximum atomic E-state index is 12.1. The van der Waals surface area contributed by atoms with Crippen LogP contribution in [0, 0.1) is 11.3 Å². The highest BCUT2D eigenvalue weighted by atomic mass is 16.5.